The third kappa shape index (κ3) is 3.85. The van der Waals surface area contributed by atoms with Crippen molar-refractivity contribution in [1.29, 1.82) is 0 Å². The molecule has 6 nitrogen and oxygen atoms in total. The number of benzene rings is 1. The van der Waals surface area contributed by atoms with Crippen LogP contribution in [-0.2, 0) is 4.74 Å². The third-order valence-electron chi connectivity index (χ3n) is 4.95. The van der Waals surface area contributed by atoms with Crippen LogP contribution >= 0.6 is 11.3 Å². The van der Waals surface area contributed by atoms with E-state index in [9.17, 15) is 0 Å². The summed E-state index contributed by atoms with van der Waals surface area (Å²) in [5.74, 6) is 1.38. The highest BCUT2D eigenvalue weighted by Gasteiger charge is 2.29. The molecule has 1 aromatic carbocycles. The van der Waals surface area contributed by atoms with Crippen LogP contribution in [0.3, 0.4) is 0 Å². The van der Waals surface area contributed by atoms with E-state index in [0.29, 0.717) is 12.0 Å². The molecule has 144 valence electrons. The van der Waals surface area contributed by atoms with E-state index in [1.807, 2.05) is 12.1 Å². The van der Waals surface area contributed by atoms with Crippen LogP contribution in [0.4, 0.5) is 16.4 Å². The van der Waals surface area contributed by atoms with Gasteiger partial charge in [-0.1, -0.05) is 26.0 Å². The lowest BCUT2D eigenvalue weighted by molar-refractivity contribution is 0.168. The zero-order valence-corrected chi connectivity index (χ0v) is 17.0. The monoisotopic (exact) mass is 385 g/mol. The number of amidine groups is 1. The molecule has 3 heterocycles. The molecular formula is C20H27N5OS. The molecule has 2 aromatic rings. The Morgan fingerprint density at radius 3 is 3.00 bits per heavy atom. The molecule has 0 radical (unpaired) electrons. The molecule has 1 fully saturated rings. The van der Waals surface area contributed by atoms with Gasteiger partial charge in [0.1, 0.15) is 10.7 Å². The molecular weight excluding hydrogens is 358 g/mol. The topological polar surface area (TPSA) is 61.8 Å². The first-order chi connectivity index (χ1) is 13.2. The number of para-hydroxylation sites is 2. The summed E-state index contributed by atoms with van der Waals surface area (Å²) in [5.41, 5.74) is 2.99. The smallest absolute Gasteiger partial charge is 0.158 e. The number of aromatic nitrogens is 1. The van der Waals surface area contributed by atoms with Gasteiger partial charge in [-0.05, 0) is 18.6 Å². The van der Waals surface area contributed by atoms with Crippen molar-refractivity contribution in [1.82, 2.24) is 15.2 Å². The van der Waals surface area contributed by atoms with Gasteiger partial charge in [0, 0.05) is 45.3 Å². The van der Waals surface area contributed by atoms with E-state index in [4.69, 9.17) is 14.7 Å². The van der Waals surface area contributed by atoms with Crippen molar-refractivity contribution in [2.24, 2.45) is 4.99 Å². The quantitative estimate of drug-likeness (QED) is 0.840. The predicted octanol–water partition coefficient (Wildman–Crippen LogP) is 3.71. The van der Waals surface area contributed by atoms with Crippen molar-refractivity contribution >= 4 is 33.5 Å². The predicted molar refractivity (Wildman–Crippen MR) is 112 cm³/mol. The number of aliphatic imine (C=N–C) groups is 1. The van der Waals surface area contributed by atoms with E-state index in [2.05, 4.69) is 41.5 Å². The molecule has 7 heteroatoms. The van der Waals surface area contributed by atoms with Crippen molar-refractivity contribution in [2.45, 2.75) is 32.2 Å². The number of nitrogens with zero attached hydrogens (tertiary/aromatic N) is 3. The molecule has 2 aliphatic rings. The Balaban J connectivity index is 1.72. The first-order valence-corrected chi connectivity index (χ1v) is 10.4. The molecule has 1 aromatic heterocycles. The lowest BCUT2D eigenvalue weighted by Crippen LogP contribution is -2.53. The number of rotatable bonds is 4. The standard InChI is InChI=1S/C20H27N5OS/c1-13(2)19-24-17-18(25-10-9-21-14(12-25)8-11-26-3)22-15-6-4-5-7-16(15)23-20(17)27-19/h4-7,13-14,21,23H,8-12H2,1-3H3. The molecule has 1 atom stereocenters. The maximum Gasteiger partial charge on any atom is 0.158 e. The maximum absolute atomic E-state index is 5.27. The Hall–Kier alpha value is -1.96. The fraction of sp³-hybridized carbons (Fsp3) is 0.500. The number of thiazole rings is 1. The minimum absolute atomic E-state index is 0.401. The largest absolute Gasteiger partial charge is 0.385 e. The first-order valence-electron chi connectivity index (χ1n) is 9.59. The number of hydrogen-bond donors (Lipinski definition) is 2. The first kappa shape index (κ1) is 18.4. The lowest BCUT2D eigenvalue weighted by atomic mass is 10.1. The second-order valence-corrected chi connectivity index (χ2v) is 8.37. The summed E-state index contributed by atoms with van der Waals surface area (Å²) in [4.78, 5) is 12.4. The molecule has 0 amide bonds. The summed E-state index contributed by atoms with van der Waals surface area (Å²) in [6.45, 7) is 7.93. The summed E-state index contributed by atoms with van der Waals surface area (Å²) >= 11 is 1.74. The van der Waals surface area contributed by atoms with E-state index >= 15 is 0 Å². The normalized spacial score (nSPS) is 19.2. The van der Waals surface area contributed by atoms with Crippen molar-refractivity contribution in [3.8, 4) is 0 Å². The van der Waals surface area contributed by atoms with Crippen LogP contribution < -0.4 is 10.6 Å². The van der Waals surface area contributed by atoms with E-state index in [-0.39, 0.29) is 0 Å². The number of nitrogens with one attached hydrogen (secondary N) is 2. The highest BCUT2D eigenvalue weighted by atomic mass is 32.1. The molecule has 1 unspecified atom stereocenters. The van der Waals surface area contributed by atoms with Crippen molar-refractivity contribution in [3.63, 3.8) is 0 Å². The van der Waals surface area contributed by atoms with Gasteiger partial charge in [-0.15, -0.1) is 11.3 Å². The van der Waals surface area contributed by atoms with Gasteiger partial charge < -0.3 is 20.3 Å². The second kappa shape index (κ2) is 7.96. The number of anilines is 2. The zero-order valence-electron chi connectivity index (χ0n) is 16.2. The highest BCUT2D eigenvalue weighted by Crippen LogP contribution is 2.39. The van der Waals surface area contributed by atoms with Gasteiger partial charge in [0.25, 0.3) is 0 Å². The molecule has 0 aliphatic carbocycles. The SMILES string of the molecule is COCCC1CN(C2=Nc3ccccc3Nc3sc(C(C)C)nc32)CCN1. The van der Waals surface area contributed by atoms with Gasteiger partial charge in [0.15, 0.2) is 5.84 Å². The summed E-state index contributed by atoms with van der Waals surface area (Å²) in [5, 5.41) is 9.40. The molecule has 2 aliphatic heterocycles. The van der Waals surface area contributed by atoms with Gasteiger partial charge in [0.2, 0.25) is 0 Å². The van der Waals surface area contributed by atoms with E-state index in [1.54, 1.807) is 18.4 Å². The average molecular weight is 386 g/mol. The summed E-state index contributed by atoms with van der Waals surface area (Å²) < 4.78 is 5.27. The van der Waals surface area contributed by atoms with Crippen LogP contribution in [0.25, 0.3) is 0 Å². The van der Waals surface area contributed by atoms with Gasteiger partial charge >= 0.3 is 0 Å². The fourth-order valence-electron chi connectivity index (χ4n) is 3.48. The minimum atomic E-state index is 0.401. The van der Waals surface area contributed by atoms with Gasteiger partial charge in [-0.2, -0.15) is 0 Å². The number of hydrogen-bond acceptors (Lipinski definition) is 7. The zero-order chi connectivity index (χ0) is 18.8. The maximum atomic E-state index is 5.27. The summed E-state index contributed by atoms with van der Waals surface area (Å²) in [7, 11) is 1.76. The molecule has 0 spiro atoms. The van der Waals surface area contributed by atoms with E-state index in [1.165, 1.54) is 0 Å². The van der Waals surface area contributed by atoms with Crippen LogP contribution in [0, 0.1) is 0 Å². The Bertz CT molecular complexity index is 832. The van der Waals surface area contributed by atoms with Crippen LogP contribution in [0.2, 0.25) is 0 Å². The second-order valence-electron chi connectivity index (χ2n) is 7.34. The van der Waals surface area contributed by atoms with Crippen LogP contribution in [0.5, 0.6) is 0 Å². The molecule has 1 saturated heterocycles. The Kier molecular flexibility index (Phi) is 5.43. The van der Waals surface area contributed by atoms with Crippen molar-refractivity contribution < 1.29 is 4.74 Å². The van der Waals surface area contributed by atoms with Gasteiger partial charge in [0.05, 0.1) is 16.4 Å². The number of fused-ring (bicyclic) bond motifs is 2. The molecule has 0 bridgehead atoms. The highest BCUT2D eigenvalue weighted by molar-refractivity contribution is 7.16. The van der Waals surface area contributed by atoms with E-state index < -0.39 is 0 Å². The number of ether oxygens (including phenoxy) is 1. The average Bonchev–Trinajstić information content (AvgIpc) is 3.03. The Labute approximate surface area is 164 Å². The van der Waals surface area contributed by atoms with Crippen molar-refractivity contribution in [3.05, 3.63) is 35.0 Å². The lowest BCUT2D eigenvalue weighted by Gasteiger charge is -2.35. The minimum Gasteiger partial charge on any atom is -0.385 e. The Morgan fingerprint density at radius 1 is 1.33 bits per heavy atom. The number of piperazine rings is 1. The van der Waals surface area contributed by atoms with Crippen LogP contribution in [0.1, 0.15) is 36.9 Å². The summed E-state index contributed by atoms with van der Waals surface area (Å²) in [6.07, 6.45) is 0.996. The third-order valence-corrected chi connectivity index (χ3v) is 6.22. The van der Waals surface area contributed by atoms with Crippen LogP contribution in [0.15, 0.2) is 29.3 Å². The molecule has 2 N–H and O–H groups in total. The van der Waals surface area contributed by atoms with Gasteiger partial charge in [-0.25, -0.2) is 9.98 Å². The Morgan fingerprint density at radius 2 is 2.19 bits per heavy atom. The van der Waals surface area contributed by atoms with E-state index in [0.717, 1.165) is 65.6 Å². The van der Waals surface area contributed by atoms with Crippen LogP contribution in [-0.4, -0.2) is 55.1 Å². The molecule has 27 heavy (non-hydrogen) atoms. The van der Waals surface area contributed by atoms with Gasteiger partial charge in [-0.3, -0.25) is 0 Å². The molecule has 0 saturated carbocycles. The fourth-order valence-corrected chi connectivity index (χ4v) is 4.45. The molecule has 4 rings (SSSR count). The van der Waals surface area contributed by atoms with Crippen molar-refractivity contribution in [2.75, 3.05) is 38.7 Å². The summed E-state index contributed by atoms with van der Waals surface area (Å²) in [6, 6.07) is 8.63. The number of methoxy groups -OCH3 is 1.